The van der Waals surface area contributed by atoms with Crippen LogP contribution in [0.1, 0.15) is 16.8 Å². The second-order valence-corrected chi connectivity index (χ2v) is 7.42. The van der Waals surface area contributed by atoms with Gasteiger partial charge in [0.1, 0.15) is 0 Å². The van der Waals surface area contributed by atoms with Crippen molar-refractivity contribution >= 4 is 29.2 Å². The molecule has 8 heteroatoms. The summed E-state index contributed by atoms with van der Waals surface area (Å²) in [6, 6.07) is 9.34. The highest BCUT2D eigenvalue weighted by atomic mass is 35.5. The number of pyridine rings is 1. The Hall–Kier alpha value is -2.41. The summed E-state index contributed by atoms with van der Waals surface area (Å²) in [4.78, 5) is 25.6. The number of aromatic nitrogens is 3. The first-order valence-corrected chi connectivity index (χ1v) is 9.25. The maximum Gasteiger partial charge on any atom is 0.257 e. The Morgan fingerprint density at radius 1 is 1.19 bits per heavy atom. The highest BCUT2D eigenvalue weighted by Crippen LogP contribution is 2.26. The number of nitrogens with one attached hydrogen (secondary N) is 1. The van der Waals surface area contributed by atoms with E-state index in [9.17, 15) is 4.79 Å². The Morgan fingerprint density at radius 2 is 1.96 bits per heavy atom. The highest BCUT2D eigenvalue weighted by molar-refractivity contribution is 6.35. The van der Waals surface area contributed by atoms with E-state index in [1.165, 1.54) is 0 Å². The topological polar surface area (TPSA) is 87.9 Å². The van der Waals surface area contributed by atoms with Gasteiger partial charge in [0.15, 0.2) is 0 Å². The Kier molecular flexibility index (Phi) is 4.86. The van der Waals surface area contributed by atoms with Crippen molar-refractivity contribution in [3.05, 3.63) is 73.7 Å². The van der Waals surface area contributed by atoms with Gasteiger partial charge in [0, 0.05) is 47.9 Å². The van der Waals surface area contributed by atoms with Crippen LogP contribution in [0.3, 0.4) is 0 Å². The molecule has 1 aliphatic rings. The van der Waals surface area contributed by atoms with Crippen molar-refractivity contribution in [2.45, 2.75) is 19.5 Å². The largest absolute Gasteiger partial charge is 0.369 e. The van der Waals surface area contributed by atoms with Gasteiger partial charge in [0.2, 0.25) is 5.95 Å². The number of hydrogen-bond acceptors (Lipinski definition) is 5. The first-order chi connectivity index (χ1) is 13.0. The first kappa shape index (κ1) is 18.0. The average molecular weight is 402 g/mol. The van der Waals surface area contributed by atoms with Gasteiger partial charge in [-0.2, -0.15) is 0 Å². The lowest BCUT2D eigenvalue weighted by Gasteiger charge is -2.27. The third-order valence-electron chi connectivity index (χ3n) is 4.56. The van der Waals surface area contributed by atoms with E-state index < -0.39 is 0 Å². The lowest BCUT2D eigenvalue weighted by molar-refractivity contribution is 0.241. The molecule has 3 N–H and O–H groups in total. The smallest absolute Gasteiger partial charge is 0.257 e. The predicted molar refractivity (Wildman–Crippen MR) is 107 cm³/mol. The monoisotopic (exact) mass is 401 g/mol. The minimum Gasteiger partial charge on any atom is -0.369 e. The Bertz CT molecular complexity index is 1030. The Labute approximate surface area is 166 Å². The van der Waals surface area contributed by atoms with Crippen molar-refractivity contribution in [3.63, 3.8) is 0 Å². The number of nitrogens with zero attached hydrogens (tertiary/aromatic N) is 3. The van der Waals surface area contributed by atoms with Crippen LogP contribution in [0.5, 0.6) is 0 Å². The predicted octanol–water partition coefficient (Wildman–Crippen LogP) is 3.28. The van der Waals surface area contributed by atoms with Crippen molar-refractivity contribution in [1.29, 1.82) is 0 Å². The average Bonchev–Trinajstić information content (AvgIpc) is 2.62. The second kappa shape index (κ2) is 7.31. The standard InChI is InChI=1S/C19H17Cl2N5O/c20-13-5-12(6-14(21)7-13)16-2-1-11(8-23-16)9-26-4-3-17-15(10-26)18(27)25-19(22)24-17/h1-2,5-8H,3-4,9-10H2,(H3,22,24,25,27). The number of aromatic amines is 1. The van der Waals surface area contributed by atoms with Crippen LogP contribution in [-0.4, -0.2) is 26.4 Å². The summed E-state index contributed by atoms with van der Waals surface area (Å²) in [5.41, 5.74) is 9.69. The van der Waals surface area contributed by atoms with Gasteiger partial charge in [-0.3, -0.25) is 19.7 Å². The number of H-pyrrole nitrogens is 1. The van der Waals surface area contributed by atoms with E-state index in [0.29, 0.717) is 35.1 Å². The van der Waals surface area contributed by atoms with Crippen LogP contribution < -0.4 is 11.3 Å². The second-order valence-electron chi connectivity index (χ2n) is 6.55. The fraction of sp³-hybridized carbons (Fsp3) is 0.211. The SMILES string of the molecule is Nc1nc2c(c(=O)[nH]1)CN(Cc1ccc(-c3cc(Cl)cc(Cl)c3)nc1)CC2. The van der Waals surface area contributed by atoms with Crippen LogP contribution in [-0.2, 0) is 19.5 Å². The number of nitrogens with two attached hydrogens (primary N) is 1. The molecular formula is C19H17Cl2N5O. The van der Waals surface area contributed by atoms with Gasteiger partial charge >= 0.3 is 0 Å². The van der Waals surface area contributed by atoms with Gasteiger partial charge < -0.3 is 5.73 Å². The minimum absolute atomic E-state index is 0.159. The number of halogens is 2. The van der Waals surface area contributed by atoms with E-state index in [1.807, 2.05) is 30.5 Å². The van der Waals surface area contributed by atoms with Crippen LogP contribution in [0.2, 0.25) is 10.0 Å². The summed E-state index contributed by atoms with van der Waals surface area (Å²) in [6.07, 6.45) is 2.54. The van der Waals surface area contributed by atoms with Crippen molar-refractivity contribution in [2.75, 3.05) is 12.3 Å². The molecule has 4 rings (SSSR count). The molecule has 0 saturated heterocycles. The van der Waals surface area contributed by atoms with Gasteiger partial charge in [0.25, 0.3) is 5.56 Å². The van der Waals surface area contributed by atoms with Crippen LogP contribution in [0.15, 0.2) is 41.3 Å². The molecule has 0 aliphatic carbocycles. The molecule has 3 aromatic rings. The van der Waals surface area contributed by atoms with Gasteiger partial charge in [-0.15, -0.1) is 0 Å². The van der Waals surface area contributed by atoms with E-state index in [-0.39, 0.29) is 11.5 Å². The third kappa shape index (κ3) is 3.98. The number of rotatable bonds is 3. The summed E-state index contributed by atoms with van der Waals surface area (Å²) in [7, 11) is 0. The maximum absolute atomic E-state index is 12.1. The number of anilines is 1. The van der Waals surface area contributed by atoms with Crippen LogP contribution in [0, 0.1) is 0 Å². The fourth-order valence-electron chi connectivity index (χ4n) is 3.28. The molecule has 0 bridgehead atoms. The number of benzene rings is 1. The van der Waals surface area contributed by atoms with Crippen LogP contribution >= 0.6 is 23.2 Å². The summed E-state index contributed by atoms with van der Waals surface area (Å²) < 4.78 is 0. The third-order valence-corrected chi connectivity index (χ3v) is 4.99. The maximum atomic E-state index is 12.1. The van der Waals surface area contributed by atoms with E-state index >= 15 is 0 Å². The zero-order chi connectivity index (χ0) is 19.0. The molecule has 0 saturated carbocycles. The van der Waals surface area contributed by atoms with Crippen LogP contribution in [0.25, 0.3) is 11.3 Å². The molecule has 2 aromatic heterocycles. The molecular weight excluding hydrogens is 385 g/mol. The number of nitrogen functional groups attached to an aromatic ring is 1. The van der Waals surface area contributed by atoms with Crippen molar-refractivity contribution in [2.24, 2.45) is 0 Å². The lowest BCUT2D eigenvalue weighted by Crippen LogP contribution is -2.35. The normalized spacial score (nSPS) is 14.1. The van der Waals surface area contributed by atoms with Crippen LogP contribution in [0.4, 0.5) is 5.95 Å². The first-order valence-electron chi connectivity index (χ1n) is 8.49. The number of hydrogen-bond donors (Lipinski definition) is 2. The van der Waals surface area contributed by atoms with E-state index in [2.05, 4.69) is 19.9 Å². The Morgan fingerprint density at radius 3 is 2.67 bits per heavy atom. The molecule has 138 valence electrons. The van der Waals surface area contributed by atoms with Gasteiger partial charge in [-0.1, -0.05) is 29.3 Å². The Balaban J connectivity index is 1.50. The minimum atomic E-state index is -0.159. The highest BCUT2D eigenvalue weighted by Gasteiger charge is 2.21. The molecule has 0 amide bonds. The zero-order valence-corrected chi connectivity index (χ0v) is 15.9. The molecule has 0 fully saturated rings. The van der Waals surface area contributed by atoms with Crippen molar-refractivity contribution in [1.82, 2.24) is 19.9 Å². The summed E-state index contributed by atoms with van der Waals surface area (Å²) in [6.45, 7) is 2.06. The summed E-state index contributed by atoms with van der Waals surface area (Å²) in [5, 5.41) is 1.16. The number of fused-ring (bicyclic) bond motifs is 1. The van der Waals surface area contributed by atoms with E-state index in [1.54, 1.807) is 6.07 Å². The molecule has 6 nitrogen and oxygen atoms in total. The molecule has 0 atom stereocenters. The quantitative estimate of drug-likeness (QED) is 0.702. The van der Waals surface area contributed by atoms with Gasteiger partial charge in [-0.25, -0.2) is 4.98 Å². The molecule has 1 aliphatic heterocycles. The summed E-state index contributed by atoms with van der Waals surface area (Å²) >= 11 is 12.1. The molecule has 0 radical (unpaired) electrons. The van der Waals surface area contributed by atoms with Crippen molar-refractivity contribution in [3.8, 4) is 11.3 Å². The van der Waals surface area contributed by atoms with Gasteiger partial charge in [-0.05, 0) is 29.8 Å². The molecule has 27 heavy (non-hydrogen) atoms. The van der Waals surface area contributed by atoms with E-state index in [0.717, 1.165) is 29.1 Å². The zero-order valence-electron chi connectivity index (χ0n) is 14.4. The van der Waals surface area contributed by atoms with E-state index in [4.69, 9.17) is 28.9 Å². The van der Waals surface area contributed by atoms with Gasteiger partial charge in [0.05, 0.1) is 17.0 Å². The van der Waals surface area contributed by atoms with Crippen molar-refractivity contribution < 1.29 is 0 Å². The summed E-state index contributed by atoms with van der Waals surface area (Å²) in [5.74, 6) is 0.174. The fourth-order valence-corrected chi connectivity index (χ4v) is 3.81. The molecule has 0 spiro atoms. The molecule has 1 aromatic carbocycles. The molecule has 3 heterocycles. The molecule has 0 unspecified atom stereocenters. The lowest BCUT2D eigenvalue weighted by atomic mass is 10.1.